The number of aryl methyl sites for hydroxylation is 2. The van der Waals surface area contributed by atoms with Gasteiger partial charge in [0.05, 0.1) is 12.8 Å². The first-order chi connectivity index (χ1) is 14.9. The van der Waals surface area contributed by atoms with Crippen molar-refractivity contribution in [2.24, 2.45) is 19.2 Å². The predicted molar refractivity (Wildman–Crippen MR) is 120 cm³/mol. The summed E-state index contributed by atoms with van der Waals surface area (Å²) in [7, 11) is 3.01. The van der Waals surface area contributed by atoms with Crippen molar-refractivity contribution in [3.8, 4) is 5.75 Å². The van der Waals surface area contributed by atoms with Crippen LogP contribution in [0.5, 0.6) is 5.75 Å². The van der Waals surface area contributed by atoms with E-state index in [2.05, 4.69) is 15.5 Å². The fraction of sp³-hybridized carbons (Fsp3) is 0.182. The number of rotatable bonds is 5. The van der Waals surface area contributed by atoms with Gasteiger partial charge in [-0.15, -0.1) is 0 Å². The van der Waals surface area contributed by atoms with Crippen LogP contribution in [0.15, 0.2) is 63.2 Å². The summed E-state index contributed by atoms with van der Waals surface area (Å²) in [4.78, 5) is 29.7. The van der Waals surface area contributed by atoms with Crippen LogP contribution < -0.4 is 16.7 Å². The topological polar surface area (TPSA) is 106 Å². The predicted octanol–water partition coefficient (Wildman–Crippen LogP) is 1.94. The van der Waals surface area contributed by atoms with Crippen molar-refractivity contribution in [1.29, 1.82) is 0 Å². The van der Waals surface area contributed by atoms with Crippen molar-refractivity contribution in [3.63, 3.8) is 0 Å². The molecule has 9 nitrogen and oxygen atoms in total. The van der Waals surface area contributed by atoms with E-state index in [-0.39, 0.29) is 11.4 Å². The number of phenolic OH excluding ortho intramolecular Hbond substituents is 1. The molecule has 0 aliphatic heterocycles. The monoisotopic (exact) mass is 418 g/mol. The standard InChI is InChI=1S/C22H22N6O3/c1-14-8-10-15(11-9-14)13-28-18-19(26(2)22(31)27(3)20(18)30)24-21(28)25-23-12-16-6-4-5-7-17(16)29/h4-12,29H,13H2,1-3H3,(H,24,25)/b23-12-. The zero-order chi connectivity index (χ0) is 22.1. The van der Waals surface area contributed by atoms with Gasteiger partial charge in [0.25, 0.3) is 5.56 Å². The van der Waals surface area contributed by atoms with Crippen LogP contribution in [0.25, 0.3) is 11.2 Å². The molecular weight excluding hydrogens is 396 g/mol. The zero-order valence-electron chi connectivity index (χ0n) is 17.4. The minimum Gasteiger partial charge on any atom is -0.507 e. The summed E-state index contributed by atoms with van der Waals surface area (Å²) in [5, 5.41) is 14.1. The van der Waals surface area contributed by atoms with Crippen LogP contribution in [0.3, 0.4) is 0 Å². The van der Waals surface area contributed by atoms with Crippen molar-refractivity contribution >= 4 is 23.3 Å². The Morgan fingerprint density at radius 3 is 2.48 bits per heavy atom. The van der Waals surface area contributed by atoms with E-state index in [9.17, 15) is 14.7 Å². The first-order valence-electron chi connectivity index (χ1n) is 9.65. The summed E-state index contributed by atoms with van der Waals surface area (Å²) in [5.41, 5.74) is 5.14. The molecule has 2 aromatic carbocycles. The summed E-state index contributed by atoms with van der Waals surface area (Å²) >= 11 is 0. The van der Waals surface area contributed by atoms with E-state index < -0.39 is 11.2 Å². The molecule has 0 saturated carbocycles. The van der Waals surface area contributed by atoms with E-state index in [4.69, 9.17) is 0 Å². The second-order valence-electron chi connectivity index (χ2n) is 7.31. The molecule has 0 unspecified atom stereocenters. The Hall–Kier alpha value is -4.14. The molecule has 158 valence electrons. The van der Waals surface area contributed by atoms with E-state index in [1.54, 1.807) is 35.9 Å². The van der Waals surface area contributed by atoms with Gasteiger partial charge in [-0.3, -0.25) is 18.5 Å². The maximum Gasteiger partial charge on any atom is 0.332 e. The summed E-state index contributed by atoms with van der Waals surface area (Å²) in [6, 6.07) is 14.7. The van der Waals surface area contributed by atoms with Crippen LogP contribution in [-0.4, -0.2) is 30.0 Å². The third kappa shape index (κ3) is 3.73. The maximum absolute atomic E-state index is 12.9. The smallest absolute Gasteiger partial charge is 0.332 e. The Labute approximate surface area is 177 Å². The van der Waals surface area contributed by atoms with E-state index in [0.29, 0.717) is 23.6 Å². The van der Waals surface area contributed by atoms with Gasteiger partial charge in [0.2, 0.25) is 5.95 Å². The Morgan fingerprint density at radius 2 is 1.77 bits per heavy atom. The number of hydrogen-bond donors (Lipinski definition) is 2. The number of phenols is 1. The van der Waals surface area contributed by atoms with Gasteiger partial charge in [-0.1, -0.05) is 42.0 Å². The Bertz CT molecular complexity index is 1410. The molecule has 0 bridgehead atoms. The summed E-state index contributed by atoms with van der Waals surface area (Å²) in [6.45, 7) is 2.36. The van der Waals surface area contributed by atoms with Crippen LogP contribution in [0.2, 0.25) is 0 Å². The highest BCUT2D eigenvalue weighted by Crippen LogP contribution is 2.19. The number of imidazole rings is 1. The van der Waals surface area contributed by atoms with Gasteiger partial charge < -0.3 is 5.11 Å². The number of para-hydroxylation sites is 1. The third-order valence-corrected chi connectivity index (χ3v) is 5.11. The van der Waals surface area contributed by atoms with Crippen LogP contribution in [0.4, 0.5) is 5.95 Å². The molecule has 0 saturated heterocycles. The first kappa shape index (κ1) is 20.1. The van der Waals surface area contributed by atoms with E-state index >= 15 is 0 Å². The Balaban J connectivity index is 1.83. The quantitative estimate of drug-likeness (QED) is 0.381. The summed E-state index contributed by atoms with van der Waals surface area (Å²) in [6.07, 6.45) is 1.46. The number of aromatic nitrogens is 4. The number of fused-ring (bicyclic) bond motifs is 1. The fourth-order valence-corrected chi connectivity index (χ4v) is 3.32. The Kier molecular flexibility index (Phi) is 5.16. The maximum atomic E-state index is 12.9. The molecule has 2 heterocycles. The van der Waals surface area contributed by atoms with Gasteiger partial charge in [-0.05, 0) is 24.6 Å². The molecule has 0 fully saturated rings. The fourth-order valence-electron chi connectivity index (χ4n) is 3.32. The number of anilines is 1. The van der Waals surface area contributed by atoms with Crippen molar-refractivity contribution in [1.82, 2.24) is 18.7 Å². The number of hydrazone groups is 1. The molecule has 0 spiro atoms. The Morgan fingerprint density at radius 1 is 1.06 bits per heavy atom. The molecule has 0 radical (unpaired) electrons. The van der Waals surface area contributed by atoms with Gasteiger partial charge in [-0.25, -0.2) is 10.2 Å². The average Bonchev–Trinajstić information content (AvgIpc) is 3.12. The molecule has 9 heteroatoms. The normalized spacial score (nSPS) is 11.5. The number of benzene rings is 2. The van der Waals surface area contributed by atoms with Gasteiger partial charge in [0.1, 0.15) is 5.75 Å². The molecule has 2 aromatic heterocycles. The second-order valence-corrected chi connectivity index (χ2v) is 7.31. The van der Waals surface area contributed by atoms with E-state index in [1.165, 1.54) is 17.8 Å². The zero-order valence-corrected chi connectivity index (χ0v) is 17.4. The van der Waals surface area contributed by atoms with Crippen LogP contribution in [0.1, 0.15) is 16.7 Å². The van der Waals surface area contributed by atoms with Gasteiger partial charge in [0.15, 0.2) is 11.2 Å². The van der Waals surface area contributed by atoms with E-state index in [0.717, 1.165) is 15.7 Å². The highest BCUT2D eigenvalue weighted by Gasteiger charge is 2.19. The average molecular weight is 418 g/mol. The molecule has 0 aliphatic rings. The highest BCUT2D eigenvalue weighted by atomic mass is 16.3. The van der Waals surface area contributed by atoms with Crippen LogP contribution in [-0.2, 0) is 20.6 Å². The third-order valence-electron chi connectivity index (χ3n) is 5.11. The largest absolute Gasteiger partial charge is 0.507 e. The van der Waals surface area contributed by atoms with Gasteiger partial charge in [0, 0.05) is 19.7 Å². The molecule has 0 amide bonds. The second kappa shape index (κ2) is 7.94. The lowest BCUT2D eigenvalue weighted by Gasteiger charge is -2.09. The van der Waals surface area contributed by atoms with Crippen LogP contribution >= 0.6 is 0 Å². The summed E-state index contributed by atoms with van der Waals surface area (Å²) < 4.78 is 4.09. The van der Waals surface area contributed by atoms with Crippen molar-refractivity contribution in [2.75, 3.05) is 5.43 Å². The molecule has 0 aliphatic carbocycles. The number of nitrogens with zero attached hydrogens (tertiary/aromatic N) is 5. The highest BCUT2D eigenvalue weighted by molar-refractivity contribution is 5.84. The molecule has 31 heavy (non-hydrogen) atoms. The SMILES string of the molecule is Cc1ccc(Cn2c(N/N=C\c3ccccc3O)nc3c2c(=O)n(C)c(=O)n3C)cc1. The minimum atomic E-state index is -0.457. The summed E-state index contributed by atoms with van der Waals surface area (Å²) in [5.74, 6) is 0.401. The molecule has 2 N–H and O–H groups in total. The lowest BCUT2D eigenvalue weighted by molar-refractivity contribution is 0.474. The van der Waals surface area contributed by atoms with Gasteiger partial charge in [-0.2, -0.15) is 10.1 Å². The van der Waals surface area contributed by atoms with Gasteiger partial charge >= 0.3 is 5.69 Å². The number of aromatic hydroxyl groups is 1. The van der Waals surface area contributed by atoms with Crippen LogP contribution in [0, 0.1) is 6.92 Å². The molecule has 0 atom stereocenters. The van der Waals surface area contributed by atoms with Crippen molar-refractivity contribution in [3.05, 3.63) is 86.1 Å². The lowest BCUT2D eigenvalue weighted by atomic mass is 10.1. The lowest BCUT2D eigenvalue weighted by Crippen LogP contribution is -2.37. The van der Waals surface area contributed by atoms with E-state index in [1.807, 2.05) is 31.2 Å². The minimum absolute atomic E-state index is 0.0949. The molecule has 4 aromatic rings. The number of hydrogen-bond acceptors (Lipinski definition) is 6. The molecular formula is C22H22N6O3. The first-order valence-corrected chi connectivity index (χ1v) is 9.65. The van der Waals surface area contributed by atoms with Crippen molar-refractivity contribution in [2.45, 2.75) is 13.5 Å². The molecule has 4 rings (SSSR count). The number of nitrogens with one attached hydrogen (secondary N) is 1. The van der Waals surface area contributed by atoms with Crippen molar-refractivity contribution < 1.29 is 5.11 Å².